The minimum absolute atomic E-state index is 0.0238. The first kappa shape index (κ1) is 12.8. The maximum absolute atomic E-state index is 11.9. The van der Waals surface area contributed by atoms with E-state index in [1.54, 1.807) is 0 Å². The minimum Gasteiger partial charge on any atom is -0.351 e. The predicted octanol–water partition coefficient (Wildman–Crippen LogP) is 2.08. The molecule has 0 aromatic heterocycles. The van der Waals surface area contributed by atoms with Crippen LogP contribution in [-0.4, -0.2) is 25.0 Å². The van der Waals surface area contributed by atoms with E-state index in [0.717, 1.165) is 21.2 Å². The van der Waals surface area contributed by atoms with Gasteiger partial charge in [0.15, 0.2) is 0 Å². The van der Waals surface area contributed by atoms with E-state index in [1.165, 1.54) is 12.8 Å². The predicted molar refractivity (Wildman–Crippen MR) is 77.3 cm³/mol. The van der Waals surface area contributed by atoms with E-state index in [9.17, 15) is 4.79 Å². The van der Waals surface area contributed by atoms with Crippen molar-refractivity contribution in [1.29, 1.82) is 0 Å². The van der Waals surface area contributed by atoms with E-state index in [2.05, 4.69) is 33.2 Å². The molecule has 92 valence electrons. The first-order chi connectivity index (χ1) is 8.18. The molecular formula is C13H17IN2O. The Labute approximate surface area is 116 Å². The summed E-state index contributed by atoms with van der Waals surface area (Å²) in [7, 11) is 0. The highest BCUT2D eigenvalue weighted by Gasteiger charge is 2.19. The molecule has 0 radical (unpaired) electrons. The van der Waals surface area contributed by atoms with Crippen LogP contribution in [0.25, 0.3) is 0 Å². The molecule has 1 aromatic rings. The van der Waals surface area contributed by atoms with Gasteiger partial charge in [-0.15, -0.1) is 0 Å². The molecule has 1 aromatic carbocycles. The van der Waals surface area contributed by atoms with E-state index in [-0.39, 0.29) is 5.91 Å². The summed E-state index contributed by atoms with van der Waals surface area (Å²) in [6.07, 6.45) is 2.56. The van der Waals surface area contributed by atoms with Crippen molar-refractivity contribution in [2.24, 2.45) is 0 Å². The third-order valence-corrected chi connectivity index (χ3v) is 4.29. The maximum atomic E-state index is 11.9. The molecule has 1 fully saturated rings. The van der Waals surface area contributed by atoms with Crippen molar-refractivity contribution in [3.63, 3.8) is 0 Å². The number of halogens is 1. The number of carbonyl (C=O) groups excluding carboxylic acids is 1. The molecule has 0 atom stereocenters. The number of carbonyl (C=O) groups is 1. The summed E-state index contributed by atoms with van der Waals surface area (Å²) in [5.74, 6) is 0.0238. The first-order valence-electron chi connectivity index (χ1n) is 5.95. The number of hydrogen-bond donors (Lipinski definition) is 2. The molecule has 1 aliphatic rings. The van der Waals surface area contributed by atoms with Gasteiger partial charge in [0.1, 0.15) is 0 Å². The Morgan fingerprint density at radius 1 is 1.41 bits per heavy atom. The van der Waals surface area contributed by atoms with Crippen LogP contribution < -0.4 is 10.6 Å². The van der Waals surface area contributed by atoms with E-state index in [1.807, 2.05) is 25.1 Å². The van der Waals surface area contributed by atoms with Crippen molar-refractivity contribution < 1.29 is 4.79 Å². The second kappa shape index (κ2) is 5.82. The summed E-state index contributed by atoms with van der Waals surface area (Å²) >= 11 is 2.23. The fraction of sp³-hybridized carbons (Fsp3) is 0.462. The lowest BCUT2D eigenvalue weighted by atomic mass is 10.1. The third kappa shape index (κ3) is 3.67. The maximum Gasteiger partial charge on any atom is 0.252 e. The molecule has 2 N–H and O–H groups in total. The summed E-state index contributed by atoms with van der Waals surface area (Å²) in [5.41, 5.74) is 1.92. The Hall–Kier alpha value is -0.620. The van der Waals surface area contributed by atoms with Crippen molar-refractivity contribution >= 4 is 28.5 Å². The fourth-order valence-corrected chi connectivity index (χ4v) is 2.26. The van der Waals surface area contributed by atoms with Gasteiger partial charge in [-0.05, 0) is 54.0 Å². The number of amides is 1. The van der Waals surface area contributed by atoms with Crippen LogP contribution in [0.15, 0.2) is 18.2 Å². The van der Waals surface area contributed by atoms with Crippen LogP contribution >= 0.6 is 22.6 Å². The zero-order valence-corrected chi connectivity index (χ0v) is 12.1. The average Bonchev–Trinajstić information content (AvgIpc) is 3.12. The highest BCUT2D eigenvalue weighted by molar-refractivity contribution is 14.1. The van der Waals surface area contributed by atoms with Crippen LogP contribution in [0.3, 0.4) is 0 Å². The fourth-order valence-electron chi connectivity index (χ4n) is 1.66. The number of hydrogen-bond acceptors (Lipinski definition) is 2. The summed E-state index contributed by atoms with van der Waals surface area (Å²) in [4.78, 5) is 11.9. The van der Waals surface area contributed by atoms with Crippen molar-refractivity contribution in [3.8, 4) is 0 Å². The van der Waals surface area contributed by atoms with Crippen molar-refractivity contribution in [1.82, 2.24) is 10.6 Å². The lowest BCUT2D eigenvalue weighted by Crippen LogP contribution is -2.33. The van der Waals surface area contributed by atoms with Crippen LogP contribution in [0.4, 0.5) is 0 Å². The van der Waals surface area contributed by atoms with Crippen LogP contribution in [0.2, 0.25) is 0 Å². The van der Waals surface area contributed by atoms with Crippen molar-refractivity contribution in [2.45, 2.75) is 25.8 Å². The molecule has 0 bridgehead atoms. The monoisotopic (exact) mass is 344 g/mol. The zero-order chi connectivity index (χ0) is 12.3. The van der Waals surface area contributed by atoms with Gasteiger partial charge < -0.3 is 10.6 Å². The van der Waals surface area contributed by atoms with E-state index < -0.39 is 0 Å². The molecule has 0 spiro atoms. The van der Waals surface area contributed by atoms with Gasteiger partial charge in [-0.2, -0.15) is 0 Å². The highest BCUT2D eigenvalue weighted by atomic mass is 127. The molecule has 1 aliphatic carbocycles. The number of nitrogens with one attached hydrogen (secondary N) is 2. The Kier molecular flexibility index (Phi) is 4.39. The Balaban J connectivity index is 1.83. The van der Waals surface area contributed by atoms with Gasteiger partial charge in [-0.3, -0.25) is 4.79 Å². The molecule has 2 rings (SSSR count). The lowest BCUT2D eigenvalue weighted by Gasteiger charge is -2.08. The normalized spacial score (nSPS) is 14.7. The van der Waals surface area contributed by atoms with E-state index >= 15 is 0 Å². The molecule has 0 aliphatic heterocycles. The molecule has 1 saturated carbocycles. The Morgan fingerprint density at radius 3 is 2.88 bits per heavy atom. The zero-order valence-electron chi connectivity index (χ0n) is 9.92. The SMILES string of the molecule is Cc1cccc(C(=O)NCCNC2CC2)c1I. The minimum atomic E-state index is 0.0238. The highest BCUT2D eigenvalue weighted by Crippen LogP contribution is 2.18. The van der Waals surface area contributed by atoms with Gasteiger partial charge in [0, 0.05) is 22.7 Å². The van der Waals surface area contributed by atoms with Crippen molar-refractivity contribution in [2.75, 3.05) is 13.1 Å². The average molecular weight is 344 g/mol. The smallest absolute Gasteiger partial charge is 0.252 e. The lowest BCUT2D eigenvalue weighted by molar-refractivity contribution is 0.0953. The van der Waals surface area contributed by atoms with Gasteiger partial charge >= 0.3 is 0 Å². The van der Waals surface area contributed by atoms with Crippen LogP contribution in [0.1, 0.15) is 28.8 Å². The number of benzene rings is 1. The molecule has 17 heavy (non-hydrogen) atoms. The topological polar surface area (TPSA) is 41.1 Å². The van der Waals surface area contributed by atoms with Gasteiger partial charge in [-0.1, -0.05) is 12.1 Å². The standard InChI is InChI=1S/C13H17IN2O/c1-9-3-2-4-11(12(9)14)13(17)16-8-7-15-10-5-6-10/h2-4,10,15H,5-8H2,1H3,(H,16,17). The second-order valence-corrected chi connectivity index (χ2v) is 5.50. The van der Waals surface area contributed by atoms with Gasteiger partial charge in [0.2, 0.25) is 0 Å². The molecule has 1 amide bonds. The van der Waals surface area contributed by atoms with E-state index in [0.29, 0.717) is 12.6 Å². The summed E-state index contributed by atoms with van der Waals surface area (Å²) in [5, 5.41) is 6.32. The second-order valence-electron chi connectivity index (χ2n) is 4.42. The third-order valence-electron chi connectivity index (χ3n) is 2.86. The molecule has 0 saturated heterocycles. The molecule has 4 heteroatoms. The first-order valence-corrected chi connectivity index (χ1v) is 7.03. The summed E-state index contributed by atoms with van der Waals surface area (Å²) in [6.45, 7) is 3.57. The molecule has 3 nitrogen and oxygen atoms in total. The summed E-state index contributed by atoms with van der Waals surface area (Å²) in [6, 6.07) is 6.52. The summed E-state index contributed by atoms with van der Waals surface area (Å²) < 4.78 is 1.04. The molecular weight excluding hydrogens is 327 g/mol. The van der Waals surface area contributed by atoms with Gasteiger partial charge in [-0.25, -0.2) is 0 Å². The van der Waals surface area contributed by atoms with Crippen LogP contribution in [0.5, 0.6) is 0 Å². The molecule has 0 unspecified atom stereocenters. The Bertz CT molecular complexity index is 416. The number of rotatable bonds is 5. The number of aryl methyl sites for hydroxylation is 1. The quantitative estimate of drug-likeness (QED) is 0.634. The van der Waals surface area contributed by atoms with Gasteiger partial charge in [0.05, 0.1) is 5.56 Å². The Morgan fingerprint density at radius 2 is 2.18 bits per heavy atom. The van der Waals surface area contributed by atoms with Crippen molar-refractivity contribution in [3.05, 3.63) is 32.9 Å². The van der Waals surface area contributed by atoms with Crippen LogP contribution in [-0.2, 0) is 0 Å². The van der Waals surface area contributed by atoms with E-state index in [4.69, 9.17) is 0 Å². The van der Waals surface area contributed by atoms with Crippen LogP contribution in [0, 0.1) is 10.5 Å². The van der Waals surface area contributed by atoms with Gasteiger partial charge in [0.25, 0.3) is 5.91 Å². The molecule has 0 heterocycles. The largest absolute Gasteiger partial charge is 0.351 e.